The Morgan fingerprint density at radius 1 is 1.23 bits per heavy atom. The van der Waals surface area contributed by atoms with Gasteiger partial charge in [-0.15, -0.1) is 11.8 Å². The van der Waals surface area contributed by atoms with E-state index < -0.39 is 35.9 Å². The van der Waals surface area contributed by atoms with Gasteiger partial charge in [0.05, 0.1) is 12.1 Å². The number of hydrogen-bond donors (Lipinski definition) is 5. The lowest BCUT2D eigenvalue weighted by molar-refractivity contribution is -0.208. The van der Waals surface area contributed by atoms with Crippen LogP contribution in [0.2, 0.25) is 0 Å². The first-order valence-corrected chi connectivity index (χ1v) is 12.4. The number of aliphatic hydroxyl groups is 3. The molecule has 0 spiro atoms. The van der Waals surface area contributed by atoms with E-state index in [1.165, 1.54) is 11.8 Å². The van der Waals surface area contributed by atoms with E-state index in [4.69, 9.17) is 9.47 Å². The van der Waals surface area contributed by atoms with Gasteiger partial charge in [-0.25, -0.2) is 0 Å². The molecule has 8 atom stereocenters. The van der Waals surface area contributed by atoms with Crippen molar-refractivity contribution in [2.24, 2.45) is 11.8 Å². The predicted octanol–water partition coefficient (Wildman–Crippen LogP) is 0.483. The van der Waals surface area contributed by atoms with Crippen LogP contribution in [-0.2, 0) is 14.3 Å². The van der Waals surface area contributed by atoms with E-state index in [1.54, 1.807) is 6.26 Å². The maximum Gasteiger partial charge on any atom is 0.237 e. The molecule has 176 valence electrons. The van der Waals surface area contributed by atoms with Crippen LogP contribution in [0.3, 0.4) is 0 Å². The predicted molar refractivity (Wildman–Crippen MR) is 117 cm³/mol. The number of nitrogens with one attached hydrogen (secondary N) is 2. The number of carbonyl (C=O) groups excluding carboxylic acids is 1. The van der Waals surface area contributed by atoms with E-state index in [9.17, 15) is 20.1 Å². The molecule has 0 saturated carbocycles. The molecule has 9 heteroatoms. The summed E-state index contributed by atoms with van der Waals surface area (Å²) in [5.41, 5.74) is -0.660. The second-order valence-electron chi connectivity index (χ2n) is 8.75. The summed E-state index contributed by atoms with van der Waals surface area (Å²) < 4.78 is 11.5. The van der Waals surface area contributed by atoms with Crippen molar-refractivity contribution in [1.82, 2.24) is 10.6 Å². The summed E-state index contributed by atoms with van der Waals surface area (Å²) in [6.07, 6.45) is 0.922. The zero-order valence-electron chi connectivity index (χ0n) is 18.6. The van der Waals surface area contributed by atoms with Crippen molar-refractivity contribution in [3.63, 3.8) is 0 Å². The van der Waals surface area contributed by atoms with Crippen LogP contribution in [0.1, 0.15) is 46.5 Å². The highest BCUT2D eigenvalue weighted by Crippen LogP contribution is 2.30. The van der Waals surface area contributed by atoms with Crippen LogP contribution in [0.15, 0.2) is 0 Å². The minimum atomic E-state index is -1.32. The van der Waals surface area contributed by atoms with Crippen LogP contribution in [-0.4, -0.2) is 89.2 Å². The number of amides is 1. The molecular weight excluding hydrogens is 408 g/mol. The van der Waals surface area contributed by atoms with Crippen molar-refractivity contribution in [3.8, 4) is 0 Å². The maximum atomic E-state index is 13.0. The lowest BCUT2D eigenvalue weighted by atomic mass is 9.87. The van der Waals surface area contributed by atoms with Gasteiger partial charge in [-0.2, -0.15) is 0 Å². The molecule has 0 aromatic rings. The number of aliphatic hydroxyl groups excluding tert-OH is 3. The van der Waals surface area contributed by atoms with Gasteiger partial charge in [0.15, 0.2) is 0 Å². The fourth-order valence-electron chi connectivity index (χ4n) is 4.21. The van der Waals surface area contributed by atoms with Gasteiger partial charge < -0.3 is 35.4 Å². The number of rotatable bonds is 10. The molecular formula is C21H40N2O6S. The SMILES string of the molecule is CCCOCCC1CCNC(C(=O)NC(C(C)C)[C@@H]2O[C@@H](SC)[C@@H](O)[C@H](O)[C@@H]2O)C1. The molecule has 2 rings (SSSR count). The van der Waals surface area contributed by atoms with Gasteiger partial charge >= 0.3 is 0 Å². The van der Waals surface area contributed by atoms with Crippen LogP contribution in [0, 0.1) is 11.8 Å². The lowest BCUT2D eigenvalue weighted by Gasteiger charge is -2.44. The number of carbonyl (C=O) groups is 1. The van der Waals surface area contributed by atoms with Gasteiger partial charge in [0.2, 0.25) is 5.91 Å². The summed E-state index contributed by atoms with van der Waals surface area (Å²) in [5.74, 6) is 0.288. The van der Waals surface area contributed by atoms with Crippen molar-refractivity contribution >= 4 is 17.7 Å². The van der Waals surface area contributed by atoms with Gasteiger partial charge in [0.1, 0.15) is 29.9 Å². The fraction of sp³-hybridized carbons (Fsp3) is 0.952. The number of thioether (sulfide) groups is 1. The zero-order valence-corrected chi connectivity index (χ0v) is 19.4. The molecule has 2 heterocycles. The van der Waals surface area contributed by atoms with Gasteiger partial charge in [-0.1, -0.05) is 20.8 Å². The van der Waals surface area contributed by atoms with Crippen LogP contribution < -0.4 is 10.6 Å². The molecule has 8 nitrogen and oxygen atoms in total. The molecule has 1 amide bonds. The number of ether oxygens (including phenoxy) is 2. The first kappa shape index (κ1) is 25.8. The van der Waals surface area contributed by atoms with Crippen molar-refractivity contribution in [1.29, 1.82) is 0 Å². The molecule has 2 fully saturated rings. The Labute approximate surface area is 184 Å². The van der Waals surface area contributed by atoms with Crippen molar-refractivity contribution < 1.29 is 29.6 Å². The summed E-state index contributed by atoms with van der Waals surface area (Å²) in [6, 6.07) is -0.789. The standard InChI is InChI=1S/C21H40N2O6S/c1-5-9-28-10-7-13-6-8-22-14(11-13)20(27)23-15(12(2)3)19-17(25)16(24)18(26)21(29-19)30-4/h12-19,21-22,24-26H,5-11H2,1-4H3,(H,23,27)/t13?,14?,15?,16-,17+,18+,19+,21+/m1/s1. The van der Waals surface area contributed by atoms with Crippen LogP contribution in [0.25, 0.3) is 0 Å². The smallest absolute Gasteiger partial charge is 0.237 e. The van der Waals surface area contributed by atoms with Crippen molar-refractivity contribution in [2.45, 2.75) is 88.4 Å². The molecule has 2 saturated heterocycles. The molecule has 2 aliphatic rings. The second kappa shape index (κ2) is 12.6. The minimum absolute atomic E-state index is 0.0274. The molecule has 0 aromatic heterocycles. The first-order valence-electron chi connectivity index (χ1n) is 11.1. The normalized spacial score (nSPS) is 35.9. The molecule has 5 N–H and O–H groups in total. The van der Waals surface area contributed by atoms with Crippen LogP contribution in [0.5, 0.6) is 0 Å². The van der Waals surface area contributed by atoms with E-state index in [1.807, 2.05) is 13.8 Å². The van der Waals surface area contributed by atoms with E-state index in [2.05, 4.69) is 17.6 Å². The summed E-state index contributed by atoms with van der Waals surface area (Å²) in [7, 11) is 0. The molecule has 0 aliphatic carbocycles. The van der Waals surface area contributed by atoms with Gasteiger partial charge in [-0.3, -0.25) is 4.79 Å². The largest absolute Gasteiger partial charge is 0.388 e. The summed E-state index contributed by atoms with van der Waals surface area (Å²) >= 11 is 1.27. The Bertz CT molecular complexity index is 524. The summed E-state index contributed by atoms with van der Waals surface area (Å²) in [4.78, 5) is 13.0. The van der Waals surface area contributed by atoms with E-state index in [-0.39, 0.29) is 17.9 Å². The Morgan fingerprint density at radius 2 is 1.97 bits per heavy atom. The molecule has 2 aliphatic heterocycles. The highest BCUT2D eigenvalue weighted by atomic mass is 32.2. The average Bonchev–Trinajstić information content (AvgIpc) is 2.74. The molecule has 0 aromatic carbocycles. The lowest BCUT2D eigenvalue weighted by Crippen LogP contribution is -2.65. The van der Waals surface area contributed by atoms with E-state index in [0.29, 0.717) is 5.92 Å². The molecule has 0 bridgehead atoms. The number of piperidine rings is 1. The fourth-order valence-corrected chi connectivity index (χ4v) is 4.89. The van der Waals surface area contributed by atoms with Gasteiger partial charge in [-0.05, 0) is 50.3 Å². The summed E-state index contributed by atoms with van der Waals surface area (Å²) in [6.45, 7) is 8.24. The van der Waals surface area contributed by atoms with Crippen molar-refractivity contribution in [3.05, 3.63) is 0 Å². The molecule has 30 heavy (non-hydrogen) atoms. The Morgan fingerprint density at radius 3 is 2.60 bits per heavy atom. The first-order chi connectivity index (χ1) is 14.3. The topological polar surface area (TPSA) is 120 Å². The number of hydrogen-bond acceptors (Lipinski definition) is 8. The third-order valence-electron chi connectivity index (χ3n) is 6.07. The second-order valence-corrected chi connectivity index (χ2v) is 9.69. The van der Waals surface area contributed by atoms with Gasteiger partial charge in [0, 0.05) is 13.2 Å². The zero-order chi connectivity index (χ0) is 22.3. The molecule has 0 radical (unpaired) electrons. The van der Waals surface area contributed by atoms with Crippen LogP contribution in [0.4, 0.5) is 0 Å². The Hall–Kier alpha value is -0.420. The van der Waals surface area contributed by atoms with Gasteiger partial charge in [0.25, 0.3) is 0 Å². The third kappa shape index (κ3) is 6.79. The van der Waals surface area contributed by atoms with Crippen LogP contribution >= 0.6 is 11.8 Å². The highest BCUT2D eigenvalue weighted by Gasteiger charge is 2.47. The van der Waals surface area contributed by atoms with E-state index in [0.717, 1.165) is 45.4 Å². The Kier molecular flexibility index (Phi) is 10.8. The molecule has 3 unspecified atom stereocenters. The summed E-state index contributed by atoms with van der Waals surface area (Å²) in [5, 5.41) is 37.2. The third-order valence-corrected chi connectivity index (χ3v) is 6.92. The quantitative estimate of drug-likeness (QED) is 0.306. The minimum Gasteiger partial charge on any atom is -0.388 e. The average molecular weight is 449 g/mol. The Balaban J connectivity index is 1.97. The van der Waals surface area contributed by atoms with E-state index >= 15 is 0 Å². The highest BCUT2D eigenvalue weighted by molar-refractivity contribution is 7.99. The maximum absolute atomic E-state index is 13.0. The van der Waals surface area contributed by atoms with Crippen molar-refractivity contribution in [2.75, 3.05) is 26.0 Å². The monoisotopic (exact) mass is 448 g/mol.